The summed E-state index contributed by atoms with van der Waals surface area (Å²) in [5.41, 5.74) is 2.89. The van der Waals surface area contributed by atoms with Crippen molar-refractivity contribution in [2.24, 2.45) is 0 Å². The van der Waals surface area contributed by atoms with Crippen molar-refractivity contribution in [3.63, 3.8) is 0 Å². The third-order valence-electron chi connectivity index (χ3n) is 6.59. The fourth-order valence-electron chi connectivity index (χ4n) is 4.90. The maximum Gasteiger partial charge on any atom is 0.573 e. The maximum absolute atomic E-state index is 13.7. The number of benzene rings is 2. The Kier molecular flexibility index (Phi) is 7.72. The topological polar surface area (TPSA) is 83.2 Å². The summed E-state index contributed by atoms with van der Waals surface area (Å²) in [4.78, 5) is 18.9. The van der Waals surface area contributed by atoms with Crippen LogP contribution in [0, 0.1) is 23.1 Å². The molecule has 5 rings (SSSR count). The van der Waals surface area contributed by atoms with Crippen LogP contribution in [0.4, 0.5) is 26.7 Å². The average molecular weight is 568 g/mol. The molecule has 41 heavy (non-hydrogen) atoms. The van der Waals surface area contributed by atoms with Crippen molar-refractivity contribution < 1.29 is 31.5 Å². The molecule has 0 spiro atoms. The van der Waals surface area contributed by atoms with Crippen LogP contribution in [-0.2, 0) is 19.5 Å². The minimum absolute atomic E-state index is 0.0179. The van der Waals surface area contributed by atoms with E-state index in [-0.39, 0.29) is 17.6 Å². The fraction of sp³-hybridized carbons (Fsp3) is 0.207. The van der Waals surface area contributed by atoms with E-state index in [1.54, 1.807) is 12.1 Å². The lowest BCUT2D eigenvalue weighted by atomic mass is 10.0. The van der Waals surface area contributed by atoms with Gasteiger partial charge in [0.25, 0.3) is 0 Å². The molecule has 0 bridgehead atoms. The van der Waals surface area contributed by atoms with E-state index in [2.05, 4.69) is 19.9 Å². The van der Waals surface area contributed by atoms with Crippen molar-refractivity contribution in [3.05, 3.63) is 101 Å². The van der Waals surface area contributed by atoms with Crippen LogP contribution in [0.1, 0.15) is 27.9 Å². The van der Waals surface area contributed by atoms with Crippen molar-refractivity contribution in [1.29, 1.82) is 5.26 Å². The highest BCUT2D eigenvalue weighted by molar-refractivity contribution is 5.96. The molecule has 1 N–H and O–H groups in total. The Morgan fingerprint density at radius 1 is 1.15 bits per heavy atom. The molecule has 4 aromatic rings. The van der Waals surface area contributed by atoms with Gasteiger partial charge in [0, 0.05) is 55.9 Å². The Balaban J connectivity index is 1.42. The Morgan fingerprint density at radius 2 is 1.98 bits per heavy atom. The molecule has 210 valence electrons. The van der Waals surface area contributed by atoms with E-state index in [1.807, 2.05) is 12.1 Å². The maximum atomic E-state index is 13.7. The zero-order valence-electron chi connectivity index (χ0n) is 21.4. The number of halogens is 5. The van der Waals surface area contributed by atoms with Gasteiger partial charge in [-0.2, -0.15) is 9.65 Å². The zero-order valence-corrected chi connectivity index (χ0v) is 21.4. The van der Waals surface area contributed by atoms with Crippen molar-refractivity contribution in [2.45, 2.75) is 25.9 Å². The van der Waals surface area contributed by atoms with Crippen LogP contribution in [-0.4, -0.2) is 39.9 Å². The SMILES string of the molecule is N#Cc1cc(F)cc(C=CCN2CCc3c(c4ccc(OC(F)(F)F)cc4n3C(=O)NCc3ccnc(F)c3)C2)c1. The number of carbonyl (C=O) groups excluding carboxylic acids is 1. The monoisotopic (exact) mass is 567 g/mol. The van der Waals surface area contributed by atoms with Gasteiger partial charge in [-0.15, -0.1) is 13.2 Å². The summed E-state index contributed by atoms with van der Waals surface area (Å²) in [5.74, 6) is -1.68. The number of nitrogens with zero attached hydrogens (tertiary/aromatic N) is 4. The molecule has 0 radical (unpaired) electrons. The van der Waals surface area contributed by atoms with Gasteiger partial charge in [-0.25, -0.2) is 14.2 Å². The van der Waals surface area contributed by atoms with Gasteiger partial charge < -0.3 is 10.1 Å². The van der Waals surface area contributed by atoms with E-state index in [1.165, 1.54) is 47.2 Å². The van der Waals surface area contributed by atoms with E-state index in [9.17, 15) is 26.7 Å². The van der Waals surface area contributed by atoms with Gasteiger partial charge in [0.15, 0.2) is 0 Å². The number of hydrogen-bond acceptors (Lipinski definition) is 5. The first kappa shape index (κ1) is 27.8. The molecule has 0 fully saturated rings. The third kappa shape index (κ3) is 6.53. The molecule has 0 atom stereocenters. The van der Waals surface area contributed by atoms with Crippen LogP contribution in [0.5, 0.6) is 5.75 Å². The van der Waals surface area contributed by atoms with Gasteiger partial charge in [0.2, 0.25) is 5.95 Å². The molecule has 0 aliphatic carbocycles. The van der Waals surface area contributed by atoms with E-state index in [4.69, 9.17) is 5.26 Å². The molecule has 0 saturated carbocycles. The predicted octanol–water partition coefficient (Wildman–Crippen LogP) is 5.91. The minimum Gasteiger partial charge on any atom is -0.406 e. The average Bonchev–Trinajstić information content (AvgIpc) is 3.23. The fourth-order valence-corrected chi connectivity index (χ4v) is 4.90. The molecule has 2 aromatic carbocycles. The molecule has 3 heterocycles. The standard InChI is InChI=1S/C29H22F5N5O2/c30-21-11-18(10-20(12-21)15-35)2-1-8-38-9-6-25-24(17-38)23-4-3-22(41-29(32,33)34)14-26(23)39(25)28(40)37-16-19-5-7-36-27(31)13-19/h1-5,7,10-14H,6,8-9,16-17H2,(H,37,40). The second kappa shape index (κ2) is 11.4. The predicted molar refractivity (Wildman–Crippen MR) is 140 cm³/mol. The highest BCUT2D eigenvalue weighted by Crippen LogP contribution is 2.34. The van der Waals surface area contributed by atoms with E-state index in [0.717, 1.165) is 11.6 Å². The van der Waals surface area contributed by atoms with Crippen LogP contribution in [0.25, 0.3) is 17.0 Å². The Morgan fingerprint density at radius 3 is 2.73 bits per heavy atom. The summed E-state index contributed by atoms with van der Waals surface area (Å²) in [7, 11) is 0. The number of aromatic nitrogens is 2. The third-order valence-corrected chi connectivity index (χ3v) is 6.59. The molecular weight excluding hydrogens is 545 g/mol. The molecular formula is C29H22F5N5O2. The highest BCUT2D eigenvalue weighted by Gasteiger charge is 2.32. The van der Waals surface area contributed by atoms with Gasteiger partial charge in [-0.05, 0) is 59.2 Å². The normalized spacial score (nSPS) is 13.8. The quantitative estimate of drug-likeness (QED) is 0.231. The number of fused-ring (bicyclic) bond motifs is 3. The lowest BCUT2D eigenvalue weighted by molar-refractivity contribution is -0.274. The Labute approximate surface area is 231 Å². The van der Waals surface area contributed by atoms with Gasteiger partial charge >= 0.3 is 12.4 Å². The van der Waals surface area contributed by atoms with E-state index in [0.29, 0.717) is 48.3 Å². The van der Waals surface area contributed by atoms with Crippen LogP contribution in [0.15, 0.2) is 60.8 Å². The van der Waals surface area contributed by atoms with Gasteiger partial charge in [-0.3, -0.25) is 9.47 Å². The van der Waals surface area contributed by atoms with Gasteiger partial charge in [-0.1, -0.05) is 12.2 Å². The van der Waals surface area contributed by atoms with Crippen molar-refractivity contribution in [2.75, 3.05) is 13.1 Å². The lowest BCUT2D eigenvalue weighted by Gasteiger charge is -2.27. The van der Waals surface area contributed by atoms with Crippen LogP contribution in [0.3, 0.4) is 0 Å². The molecule has 0 saturated heterocycles. The molecule has 2 aromatic heterocycles. The van der Waals surface area contributed by atoms with Gasteiger partial charge in [0.05, 0.1) is 17.1 Å². The summed E-state index contributed by atoms with van der Waals surface area (Å²) in [5, 5.41) is 12.4. The Hall–Kier alpha value is -4.76. The smallest absolute Gasteiger partial charge is 0.406 e. The second-order valence-electron chi connectivity index (χ2n) is 9.41. The number of carbonyl (C=O) groups is 1. The van der Waals surface area contributed by atoms with Gasteiger partial charge in [0.1, 0.15) is 11.6 Å². The number of pyridine rings is 1. The van der Waals surface area contributed by atoms with E-state index < -0.39 is 29.9 Å². The highest BCUT2D eigenvalue weighted by atomic mass is 19.4. The summed E-state index contributed by atoms with van der Waals surface area (Å²) in [6, 6.07) is 12.0. The molecule has 1 aliphatic rings. The van der Waals surface area contributed by atoms with E-state index >= 15 is 0 Å². The number of rotatable bonds is 6. The van der Waals surface area contributed by atoms with Crippen LogP contribution < -0.4 is 10.1 Å². The zero-order chi connectivity index (χ0) is 29.1. The van der Waals surface area contributed by atoms with Crippen molar-refractivity contribution in [1.82, 2.24) is 19.8 Å². The summed E-state index contributed by atoms with van der Waals surface area (Å²) < 4.78 is 71.5. The molecule has 1 amide bonds. The van der Waals surface area contributed by atoms with Crippen LogP contribution >= 0.6 is 0 Å². The summed E-state index contributed by atoms with van der Waals surface area (Å²) in [6.45, 7) is 1.39. The first-order valence-corrected chi connectivity index (χ1v) is 12.5. The molecule has 1 aliphatic heterocycles. The Bertz CT molecular complexity index is 1690. The number of nitriles is 1. The molecule has 7 nitrogen and oxygen atoms in total. The number of amides is 1. The number of alkyl halides is 3. The summed E-state index contributed by atoms with van der Waals surface area (Å²) >= 11 is 0. The van der Waals surface area contributed by atoms with Crippen molar-refractivity contribution in [3.8, 4) is 11.8 Å². The van der Waals surface area contributed by atoms with Crippen LogP contribution in [0.2, 0.25) is 0 Å². The minimum atomic E-state index is -4.91. The first-order chi connectivity index (χ1) is 19.6. The number of ether oxygens (including phenoxy) is 1. The second-order valence-corrected chi connectivity index (χ2v) is 9.41. The lowest BCUT2D eigenvalue weighted by Crippen LogP contribution is -2.34. The largest absolute Gasteiger partial charge is 0.573 e. The summed E-state index contributed by atoms with van der Waals surface area (Å²) in [6.07, 6.45) is 0.319. The molecule has 0 unspecified atom stereocenters. The number of hydrogen-bond donors (Lipinski definition) is 1. The van der Waals surface area contributed by atoms with Crippen molar-refractivity contribution >= 4 is 23.0 Å². The number of nitrogens with one attached hydrogen (secondary N) is 1. The first-order valence-electron chi connectivity index (χ1n) is 12.5. The molecule has 12 heteroatoms.